The third kappa shape index (κ3) is 4.40. The fourth-order valence-corrected chi connectivity index (χ4v) is 1.59. The number of thiocarbonyl (C=S) groups is 1. The number of carboxylic acid groups (broad SMARTS) is 1. The molecule has 0 unspecified atom stereocenters. The first-order chi connectivity index (χ1) is 8.00. The lowest BCUT2D eigenvalue weighted by Crippen LogP contribution is -2.46. The smallest absolute Gasteiger partial charge is 0.326 e. The molecular weight excluding hydrogens is 236 g/mol. The molecule has 0 bridgehead atoms. The molecular formula is C12H16N2O2S. The van der Waals surface area contributed by atoms with Crippen molar-refractivity contribution in [2.24, 2.45) is 5.92 Å². The average molecular weight is 252 g/mol. The standard InChI is InChI=1S/C12H16N2O2S/c1-8(2)10(11(15)16)14-12(17)13-9-6-4-3-5-7-9/h3-8,10H,1-2H3,(H,15,16)(H2,13,14,17)/t10-/m0/s1. The van der Waals surface area contributed by atoms with Crippen LogP contribution in [0, 0.1) is 5.92 Å². The summed E-state index contributed by atoms with van der Waals surface area (Å²) in [6.07, 6.45) is 0. The maximum atomic E-state index is 11.0. The largest absolute Gasteiger partial charge is 0.480 e. The van der Waals surface area contributed by atoms with Crippen molar-refractivity contribution in [1.82, 2.24) is 5.32 Å². The van der Waals surface area contributed by atoms with Gasteiger partial charge in [-0.25, -0.2) is 4.79 Å². The summed E-state index contributed by atoms with van der Waals surface area (Å²) >= 11 is 5.07. The SMILES string of the molecule is CC(C)[C@H](NC(=S)Nc1ccccc1)C(=O)O. The minimum Gasteiger partial charge on any atom is -0.480 e. The van der Waals surface area contributed by atoms with Gasteiger partial charge in [-0.15, -0.1) is 0 Å². The van der Waals surface area contributed by atoms with Gasteiger partial charge in [-0.05, 0) is 30.3 Å². The monoisotopic (exact) mass is 252 g/mol. The molecule has 3 N–H and O–H groups in total. The molecule has 0 saturated heterocycles. The van der Waals surface area contributed by atoms with Gasteiger partial charge in [0.05, 0.1) is 0 Å². The van der Waals surface area contributed by atoms with E-state index >= 15 is 0 Å². The highest BCUT2D eigenvalue weighted by Gasteiger charge is 2.21. The van der Waals surface area contributed by atoms with Gasteiger partial charge in [-0.3, -0.25) is 0 Å². The zero-order valence-corrected chi connectivity index (χ0v) is 10.6. The second-order valence-electron chi connectivity index (χ2n) is 4.02. The van der Waals surface area contributed by atoms with Crippen LogP contribution in [0.3, 0.4) is 0 Å². The Hall–Kier alpha value is -1.62. The van der Waals surface area contributed by atoms with Gasteiger partial charge in [-0.1, -0.05) is 32.0 Å². The van der Waals surface area contributed by atoms with Crippen LogP contribution >= 0.6 is 12.2 Å². The molecule has 0 saturated carbocycles. The predicted octanol–water partition coefficient (Wildman–Crippen LogP) is 2.08. The molecule has 4 nitrogen and oxygen atoms in total. The van der Waals surface area contributed by atoms with Crippen LogP contribution in [0.25, 0.3) is 0 Å². The molecule has 0 spiro atoms. The number of para-hydroxylation sites is 1. The minimum atomic E-state index is -0.905. The van der Waals surface area contributed by atoms with E-state index in [-0.39, 0.29) is 5.92 Å². The number of anilines is 1. The molecule has 1 atom stereocenters. The topological polar surface area (TPSA) is 61.4 Å². The third-order valence-corrected chi connectivity index (χ3v) is 2.47. The number of rotatable bonds is 4. The molecule has 0 aliphatic heterocycles. The van der Waals surface area contributed by atoms with E-state index in [2.05, 4.69) is 10.6 Å². The van der Waals surface area contributed by atoms with Gasteiger partial charge in [0.1, 0.15) is 6.04 Å². The van der Waals surface area contributed by atoms with Crippen LogP contribution in [0.4, 0.5) is 5.69 Å². The van der Waals surface area contributed by atoms with E-state index in [0.29, 0.717) is 5.11 Å². The van der Waals surface area contributed by atoms with Crippen LogP contribution in [0.1, 0.15) is 13.8 Å². The Morgan fingerprint density at radius 3 is 2.35 bits per heavy atom. The van der Waals surface area contributed by atoms with Crippen LogP contribution in [0.5, 0.6) is 0 Å². The molecule has 0 aliphatic carbocycles. The molecule has 0 radical (unpaired) electrons. The number of aliphatic carboxylic acids is 1. The Morgan fingerprint density at radius 2 is 1.88 bits per heavy atom. The van der Waals surface area contributed by atoms with Crippen LogP contribution < -0.4 is 10.6 Å². The van der Waals surface area contributed by atoms with Gasteiger partial charge in [0, 0.05) is 5.69 Å². The van der Waals surface area contributed by atoms with Gasteiger partial charge in [0.15, 0.2) is 5.11 Å². The van der Waals surface area contributed by atoms with Crippen LogP contribution in [0.2, 0.25) is 0 Å². The first kappa shape index (κ1) is 13.4. The highest BCUT2D eigenvalue weighted by Crippen LogP contribution is 2.06. The summed E-state index contributed by atoms with van der Waals surface area (Å²) in [7, 11) is 0. The van der Waals surface area contributed by atoms with E-state index in [4.69, 9.17) is 17.3 Å². The normalized spacial score (nSPS) is 11.9. The van der Waals surface area contributed by atoms with Gasteiger partial charge >= 0.3 is 5.97 Å². The minimum absolute atomic E-state index is 0.0389. The molecule has 0 aromatic heterocycles. The van der Waals surface area contributed by atoms with Crippen molar-refractivity contribution in [3.05, 3.63) is 30.3 Å². The Bertz CT molecular complexity index is 393. The number of nitrogens with one attached hydrogen (secondary N) is 2. The summed E-state index contributed by atoms with van der Waals surface area (Å²) in [6, 6.07) is 8.69. The number of carbonyl (C=O) groups is 1. The number of benzene rings is 1. The van der Waals surface area contributed by atoms with Crippen molar-refractivity contribution in [2.75, 3.05) is 5.32 Å². The molecule has 17 heavy (non-hydrogen) atoms. The Labute approximate surface area is 106 Å². The summed E-state index contributed by atoms with van der Waals surface area (Å²) < 4.78 is 0. The molecule has 1 aromatic carbocycles. The molecule has 5 heteroatoms. The van der Waals surface area contributed by atoms with Crippen molar-refractivity contribution in [2.45, 2.75) is 19.9 Å². The van der Waals surface area contributed by atoms with Crippen molar-refractivity contribution < 1.29 is 9.90 Å². The second-order valence-corrected chi connectivity index (χ2v) is 4.43. The fraction of sp³-hybridized carbons (Fsp3) is 0.333. The average Bonchev–Trinajstić information content (AvgIpc) is 2.26. The Balaban J connectivity index is 2.57. The summed E-state index contributed by atoms with van der Waals surface area (Å²) in [5, 5.41) is 15.0. The Morgan fingerprint density at radius 1 is 1.29 bits per heavy atom. The first-order valence-corrected chi connectivity index (χ1v) is 5.77. The van der Waals surface area contributed by atoms with E-state index in [9.17, 15) is 4.79 Å². The highest BCUT2D eigenvalue weighted by molar-refractivity contribution is 7.80. The van der Waals surface area contributed by atoms with Crippen LogP contribution in [0.15, 0.2) is 30.3 Å². The van der Waals surface area contributed by atoms with Gasteiger partial charge in [0.2, 0.25) is 0 Å². The lowest BCUT2D eigenvalue weighted by molar-refractivity contribution is -0.140. The quantitative estimate of drug-likeness (QED) is 0.716. The summed E-state index contributed by atoms with van der Waals surface area (Å²) in [6.45, 7) is 3.66. The van der Waals surface area contributed by atoms with E-state index in [0.717, 1.165) is 5.69 Å². The first-order valence-electron chi connectivity index (χ1n) is 5.36. The van der Waals surface area contributed by atoms with Crippen molar-refractivity contribution >= 4 is 29.0 Å². The van der Waals surface area contributed by atoms with E-state index in [1.54, 1.807) is 0 Å². The van der Waals surface area contributed by atoms with Gasteiger partial charge in [-0.2, -0.15) is 0 Å². The summed E-state index contributed by atoms with van der Waals surface area (Å²) in [4.78, 5) is 11.0. The maximum Gasteiger partial charge on any atom is 0.326 e. The molecule has 1 rings (SSSR count). The highest BCUT2D eigenvalue weighted by atomic mass is 32.1. The fourth-order valence-electron chi connectivity index (χ4n) is 1.34. The van der Waals surface area contributed by atoms with E-state index < -0.39 is 12.0 Å². The maximum absolute atomic E-state index is 11.0. The van der Waals surface area contributed by atoms with Crippen molar-refractivity contribution in [1.29, 1.82) is 0 Å². The van der Waals surface area contributed by atoms with Crippen molar-refractivity contribution in [3.63, 3.8) is 0 Å². The summed E-state index contributed by atoms with van der Waals surface area (Å²) in [5.74, 6) is -0.944. The number of hydrogen-bond donors (Lipinski definition) is 3. The number of carboxylic acids is 1. The molecule has 1 aromatic rings. The predicted molar refractivity (Wildman–Crippen MR) is 72.1 cm³/mol. The van der Waals surface area contributed by atoms with Gasteiger partial charge < -0.3 is 15.7 Å². The van der Waals surface area contributed by atoms with E-state index in [1.807, 2.05) is 44.2 Å². The van der Waals surface area contributed by atoms with Crippen LogP contribution in [-0.4, -0.2) is 22.2 Å². The number of hydrogen-bond acceptors (Lipinski definition) is 2. The third-order valence-electron chi connectivity index (χ3n) is 2.25. The molecule has 0 amide bonds. The lowest BCUT2D eigenvalue weighted by atomic mass is 10.1. The molecule has 0 aliphatic rings. The Kier molecular flexibility index (Phi) is 4.90. The summed E-state index contributed by atoms with van der Waals surface area (Å²) in [5.41, 5.74) is 0.831. The van der Waals surface area contributed by atoms with E-state index in [1.165, 1.54) is 0 Å². The lowest BCUT2D eigenvalue weighted by Gasteiger charge is -2.20. The zero-order valence-electron chi connectivity index (χ0n) is 9.81. The molecule has 92 valence electrons. The second kappa shape index (κ2) is 6.20. The van der Waals surface area contributed by atoms with Crippen molar-refractivity contribution in [3.8, 4) is 0 Å². The molecule has 0 heterocycles. The zero-order chi connectivity index (χ0) is 12.8. The van der Waals surface area contributed by atoms with Gasteiger partial charge in [0.25, 0.3) is 0 Å². The van der Waals surface area contributed by atoms with Crippen LogP contribution in [-0.2, 0) is 4.79 Å². The molecule has 0 fully saturated rings.